The number of nitrogens with one attached hydrogen (secondary N) is 3. The number of sulfonamides is 1. The summed E-state index contributed by atoms with van der Waals surface area (Å²) in [6.45, 7) is 2.05. The minimum Gasteiger partial charge on any atom is -0.392 e. The number of carbonyl (C=O) groups is 1. The molecule has 4 unspecified atom stereocenters. The fourth-order valence-corrected chi connectivity index (χ4v) is 8.50. The Morgan fingerprint density at radius 1 is 0.857 bits per heavy atom. The van der Waals surface area contributed by atoms with Crippen LogP contribution in [0.4, 0.5) is 0 Å². The van der Waals surface area contributed by atoms with Gasteiger partial charge in [-0.15, -0.1) is 0 Å². The van der Waals surface area contributed by atoms with Gasteiger partial charge in [0.2, 0.25) is 15.9 Å². The van der Waals surface area contributed by atoms with Gasteiger partial charge in [0.15, 0.2) is 11.4 Å². The molecular formula is C43H43N5O6S2. The molecule has 0 spiro atoms. The molecule has 56 heavy (non-hydrogen) atoms. The number of aliphatic hydroxyl groups excluding tert-OH is 1. The molecule has 1 aromatic heterocycles. The highest BCUT2D eigenvalue weighted by Gasteiger charge is 2.33. The van der Waals surface area contributed by atoms with Crippen LogP contribution in [-0.4, -0.2) is 52.5 Å². The van der Waals surface area contributed by atoms with Crippen LogP contribution in [0.2, 0.25) is 0 Å². The number of carbonyl (C=O) groups excluding carboxylic acids is 1. The first-order valence-electron chi connectivity index (χ1n) is 18.3. The first kappa shape index (κ1) is 39.1. The predicted octanol–water partition coefficient (Wildman–Crippen LogP) is 6.82. The van der Waals surface area contributed by atoms with Crippen LogP contribution in [0, 0.1) is 6.92 Å². The number of amides is 1. The fraction of sp³-hybridized carbons (Fsp3) is 0.233. The Labute approximate surface area is 331 Å². The highest BCUT2D eigenvalue weighted by molar-refractivity contribution is 7.99. The third-order valence-corrected chi connectivity index (χ3v) is 12.0. The summed E-state index contributed by atoms with van der Waals surface area (Å²) >= 11 is 1.54. The van der Waals surface area contributed by atoms with Crippen LogP contribution in [0.3, 0.4) is 0 Å². The number of thioether (sulfide) groups is 1. The molecule has 7 rings (SSSR count). The van der Waals surface area contributed by atoms with Gasteiger partial charge in [0, 0.05) is 24.3 Å². The van der Waals surface area contributed by atoms with Crippen molar-refractivity contribution in [1.82, 2.24) is 25.2 Å². The quantitative estimate of drug-likeness (QED) is 0.0821. The van der Waals surface area contributed by atoms with E-state index in [4.69, 9.17) is 9.47 Å². The molecule has 2 heterocycles. The van der Waals surface area contributed by atoms with Crippen molar-refractivity contribution in [3.05, 3.63) is 167 Å². The Bertz CT molecular complexity index is 2310. The average Bonchev–Trinajstić information content (AvgIpc) is 3.76. The van der Waals surface area contributed by atoms with Crippen molar-refractivity contribution < 1.29 is 27.8 Å². The number of rotatable bonds is 15. The van der Waals surface area contributed by atoms with Crippen molar-refractivity contribution >= 4 is 27.7 Å². The van der Waals surface area contributed by atoms with E-state index in [1.807, 2.05) is 104 Å². The van der Waals surface area contributed by atoms with E-state index in [1.165, 1.54) is 30.2 Å². The summed E-state index contributed by atoms with van der Waals surface area (Å²) in [6, 6.07) is 38.5. The van der Waals surface area contributed by atoms with Gasteiger partial charge in [-0.25, -0.2) is 13.4 Å². The number of hydrogen-bond acceptors (Lipinski definition) is 9. The van der Waals surface area contributed by atoms with Gasteiger partial charge < -0.3 is 19.9 Å². The zero-order valence-corrected chi connectivity index (χ0v) is 32.4. The zero-order chi connectivity index (χ0) is 38.9. The lowest BCUT2D eigenvalue weighted by Gasteiger charge is -2.36. The molecule has 0 aliphatic carbocycles. The van der Waals surface area contributed by atoms with E-state index < -0.39 is 28.3 Å². The topological polar surface area (TPSA) is 156 Å². The van der Waals surface area contributed by atoms with Crippen LogP contribution in [0.15, 0.2) is 144 Å². The van der Waals surface area contributed by atoms with Gasteiger partial charge in [0.1, 0.15) is 12.4 Å². The third kappa shape index (κ3) is 10.2. The molecule has 0 bridgehead atoms. The fourth-order valence-electron chi connectivity index (χ4n) is 6.51. The largest absolute Gasteiger partial charge is 0.392 e. The van der Waals surface area contributed by atoms with Crippen LogP contribution in [-0.2, 0) is 43.9 Å². The first-order chi connectivity index (χ1) is 27.2. The number of hydrogen-bond donors (Lipinski definition) is 4. The van der Waals surface area contributed by atoms with Crippen LogP contribution in [0.1, 0.15) is 52.2 Å². The van der Waals surface area contributed by atoms with Crippen molar-refractivity contribution in [2.45, 2.75) is 67.5 Å². The highest BCUT2D eigenvalue weighted by atomic mass is 32.2. The number of nitrogens with zero attached hydrogens (tertiary/aromatic N) is 2. The lowest BCUT2D eigenvalue weighted by molar-refractivity contribution is -0.245. The number of H-pyrrole nitrogens is 1. The standard InChI is InChI=1S/C43H43N5O6S2/c1-29-13-19-38(20-14-29)56(51,52)48-39(22-30-7-3-2-4-8-30)41(50)44-25-32-9-5-10-34(21-32)35-11-6-12-36(23-35)42-53-37(27-55-43-45-28-46-47-43)24-40(54-42)33-17-15-31(26-49)16-18-33/h2-21,23,28,37,39-40,42,48-49H,22,24-27H2,1H3,(H,44,50)(H,45,46,47). The Kier molecular flexibility index (Phi) is 12.7. The molecule has 288 valence electrons. The summed E-state index contributed by atoms with van der Waals surface area (Å²) in [5.74, 6) is 0.216. The second kappa shape index (κ2) is 18.2. The van der Waals surface area contributed by atoms with E-state index in [0.717, 1.165) is 44.5 Å². The second-order valence-electron chi connectivity index (χ2n) is 13.7. The number of aryl methyl sites for hydroxylation is 1. The summed E-state index contributed by atoms with van der Waals surface area (Å²) in [5, 5.41) is 20.1. The van der Waals surface area contributed by atoms with E-state index in [2.05, 4.69) is 31.3 Å². The third-order valence-electron chi connectivity index (χ3n) is 9.53. The van der Waals surface area contributed by atoms with E-state index in [0.29, 0.717) is 17.3 Å². The lowest BCUT2D eigenvalue weighted by Crippen LogP contribution is -2.47. The van der Waals surface area contributed by atoms with Gasteiger partial charge >= 0.3 is 0 Å². The summed E-state index contributed by atoms with van der Waals surface area (Å²) in [5.41, 5.74) is 7.19. The van der Waals surface area contributed by atoms with E-state index in [1.54, 1.807) is 12.1 Å². The van der Waals surface area contributed by atoms with Crippen LogP contribution >= 0.6 is 11.8 Å². The molecular weight excluding hydrogens is 747 g/mol. The maximum absolute atomic E-state index is 13.7. The maximum atomic E-state index is 13.7. The molecule has 1 aliphatic rings. The Balaban J connectivity index is 1.06. The maximum Gasteiger partial charge on any atom is 0.241 e. The first-order valence-corrected chi connectivity index (χ1v) is 20.8. The summed E-state index contributed by atoms with van der Waals surface area (Å²) in [6.07, 6.45) is 1.29. The molecule has 11 nitrogen and oxygen atoms in total. The molecule has 0 saturated carbocycles. The molecule has 0 radical (unpaired) electrons. The van der Waals surface area contributed by atoms with Gasteiger partial charge in [-0.3, -0.25) is 9.89 Å². The molecule has 1 aliphatic heterocycles. The van der Waals surface area contributed by atoms with Crippen molar-refractivity contribution in [1.29, 1.82) is 0 Å². The van der Waals surface area contributed by atoms with Crippen molar-refractivity contribution in [2.24, 2.45) is 0 Å². The average molecular weight is 790 g/mol. The number of ether oxygens (including phenoxy) is 2. The number of aromatic amines is 1. The molecule has 13 heteroatoms. The number of aromatic nitrogens is 3. The lowest BCUT2D eigenvalue weighted by atomic mass is 9.99. The van der Waals surface area contributed by atoms with Crippen molar-refractivity contribution in [3.8, 4) is 11.1 Å². The number of aliphatic hydroxyl groups is 1. The Morgan fingerprint density at radius 2 is 1.59 bits per heavy atom. The van der Waals surface area contributed by atoms with Gasteiger partial charge in [-0.05, 0) is 71.0 Å². The van der Waals surface area contributed by atoms with E-state index in [9.17, 15) is 18.3 Å². The summed E-state index contributed by atoms with van der Waals surface area (Å²) < 4.78 is 42.5. The van der Waals surface area contributed by atoms with Gasteiger partial charge in [-0.2, -0.15) is 9.82 Å². The van der Waals surface area contributed by atoms with E-state index >= 15 is 0 Å². The monoisotopic (exact) mass is 789 g/mol. The van der Waals surface area contributed by atoms with Gasteiger partial charge in [0.05, 0.1) is 23.7 Å². The summed E-state index contributed by atoms with van der Waals surface area (Å²) in [7, 11) is -3.97. The molecule has 1 amide bonds. The Hall–Kier alpha value is -5.15. The summed E-state index contributed by atoms with van der Waals surface area (Å²) in [4.78, 5) is 18.0. The Morgan fingerprint density at radius 3 is 2.32 bits per heavy atom. The normalized spacial score (nSPS) is 17.6. The molecule has 4 atom stereocenters. The predicted molar refractivity (Wildman–Crippen MR) is 215 cm³/mol. The van der Waals surface area contributed by atoms with Crippen LogP contribution in [0.25, 0.3) is 11.1 Å². The molecule has 1 fully saturated rings. The molecule has 1 saturated heterocycles. The molecule has 4 N–H and O–H groups in total. The van der Waals surface area contributed by atoms with Crippen LogP contribution in [0.5, 0.6) is 0 Å². The van der Waals surface area contributed by atoms with Crippen molar-refractivity contribution in [2.75, 3.05) is 5.75 Å². The van der Waals surface area contributed by atoms with Crippen LogP contribution < -0.4 is 10.0 Å². The SMILES string of the molecule is Cc1ccc(S(=O)(=O)NC(Cc2ccccc2)C(=O)NCc2cccc(-c3cccc(C4OC(CSc5ncn[nH]5)CC(c5ccc(CO)cc5)O4)c3)c2)cc1. The minimum absolute atomic E-state index is 0.0286. The van der Waals surface area contributed by atoms with Crippen molar-refractivity contribution in [3.63, 3.8) is 0 Å². The number of benzene rings is 5. The minimum atomic E-state index is -3.97. The smallest absolute Gasteiger partial charge is 0.241 e. The molecule has 6 aromatic rings. The van der Waals surface area contributed by atoms with Gasteiger partial charge in [0.25, 0.3) is 0 Å². The zero-order valence-electron chi connectivity index (χ0n) is 30.7. The second-order valence-corrected chi connectivity index (χ2v) is 16.4. The highest BCUT2D eigenvalue weighted by Crippen LogP contribution is 2.40. The van der Waals surface area contributed by atoms with E-state index in [-0.39, 0.29) is 36.7 Å². The van der Waals surface area contributed by atoms with Gasteiger partial charge in [-0.1, -0.05) is 120 Å². The molecule has 5 aromatic carbocycles.